The number of anilines is 1. The minimum Gasteiger partial charge on any atom is -0.322 e. The number of fused-ring (bicyclic) bond motifs is 1. The molecule has 0 saturated heterocycles. The van der Waals surface area contributed by atoms with E-state index in [1.807, 2.05) is 39.0 Å². The quantitative estimate of drug-likeness (QED) is 0.742. The average Bonchev–Trinajstić information content (AvgIpc) is 2.60. The topological polar surface area (TPSA) is 96.9 Å². The Kier molecular flexibility index (Phi) is 4.94. The Morgan fingerprint density at radius 2 is 2.00 bits per heavy atom. The van der Waals surface area contributed by atoms with Crippen molar-refractivity contribution in [2.45, 2.75) is 40.2 Å². The molecule has 1 amide bonds. The van der Waals surface area contributed by atoms with E-state index >= 15 is 0 Å². The predicted molar refractivity (Wildman–Crippen MR) is 106 cm³/mol. The van der Waals surface area contributed by atoms with Crippen molar-refractivity contribution in [3.63, 3.8) is 0 Å². The highest BCUT2D eigenvalue weighted by Crippen LogP contribution is 2.21. The summed E-state index contributed by atoms with van der Waals surface area (Å²) in [5.41, 5.74) is 1.57. The summed E-state index contributed by atoms with van der Waals surface area (Å²) in [6.07, 6.45) is 0. The van der Waals surface area contributed by atoms with Crippen LogP contribution in [0, 0.1) is 6.92 Å². The van der Waals surface area contributed by atoms with Gasteiger partial charge in [0.2, 0.25) is 0 Å². The standard InChI is InChI=1S/C20H22N4O3/c1-5-24-17-16(19(26)23-20(24)27)14(10-15(22-17)11(2)3)18(25)21-13-8-6-7-12(4)9-13/h6-11H,5H2,1-4H3,(H,21,25)(H,23,26,27). The van der Waals surface area contributed by atoms with Crippen LogP contribution in [0.4, 0.5) is 5.69 Å². The molecule has 1 aromatic carbocycles. The molecule has 0 saturated carbocycles. The molecule has 2 N–H and O–H groups in total. The molecule has 0 aliphatic carbocycles. The van der Waals surface area contributed by atoms with Crippen LogP contribution in [0.25, 0.3) is 11.0 Å². The molecule has 3 rings (SSSR count). The number of carbonyl (C=O) groups excluding carboxylic acids is 1. The van der Waals surface area contributed by atoms with E-state index in [-0.39, 0.29) is 22.5 Å². The van der Waals surface area contributed by atoms with Crippen LogP contribution in [0.2, 0.25) is 0 Å². The minimum atomic E-state index is -0.614. The summed E-state index contributed by atoms with van der Waals surface area (Å²) in [5.74, 6) is -0.388. The monoisotopic (exact) mass is 366 g/mol. The normalized spacial score (nSPS) is 11.1. The number of aromatic amines is 1. The van der Waals surface area contributed by atoms with Gasteiger partial charge < -0.3 is 5.32 Å². The molecule has 140 valence electrons. The van der Waals surface area contributed by atoms with E-state index in [1.54, 1.807) is 19.1 Å². The molecular formula is C20H22N4O3. The van der Waals surface area contributed by atoms with Gasteiger partial charge in [-0.25, -0.2) is 9.78 Å². The van der Waals surface area contributed by atoms with Gasteiger partial charge in [-0.3, -0.25) is 19.1 Å². The van der Waals surface area contributed by atoms with Gasteiger partial charge in [-0.05, 0) is 43.5 Å². The third-order valence-corrected chi connectivity index (χ3v) is 4.40. The largest absolute Gasteiger partial charge is 0.329 e. The zero-order valence-electron chi connectivity index (χ0n) is 15.8. The number of nitrogens with zero attached hydrogens (tertiary/aromatic N) is 2. The molecule has 0 radical (unpaired) electrons. The van der Waals surface area contributed by atoms with E-state index < -0.39 is 17.2 Å². The molecule has 0 unspecified atom stereocenters. The Morgan fingerprint density at radius 1 is 1.26 bits per heavy atom. The lowest BCUT2D eigenvalue weighted by Gasteiger charge is -2.14. The molecule has 0 atom stereocenters. The lowest BCUT2D eigenvalue weighted by molar-refractivity contribution is 0.102. The Hall–Kier alpha value is -3.22. The third-order valence-electron chi connectivity index (χ3n) is 4.40. The van der Waals surface area contributed by atoms with Crippen molar-refractivity contribution in [1.82, 2.24) is 14.5 Å². The summed E-state index contributed by atoms with van der Waals surface area (Å²) in [4.78, 5) is 44.4. The van der Waals surface area contributed by atoms with E-state index in [1.165, 1.54) is 4.57 Å². The number of benzene rings is 1. The van der Waals surface area contributed by atoms with E-state index in [0.717, 1.165) is 5.56 Å². The number of hydrogen-bond acceptors (Lipinski definition) is 4. The maximum absolute atomic E-state index is 13.0. The van der Waals surface area contributed by atoms with Crippen molar-refractivity contribution in [3.8, 4) is 0 Å². The summed E-state index contributed by atoms with van der Waals surface area (Å²) in [5, 5.41) is 2.95. The Balaban J connectivity index is 2.26. The molecule has 7 heteroatoms. The van der Waals surface area contributed by atoms with Gasteiger partial charge in [0, 0.05) is 17.9 Å². The molecule has 0 aliphatic rings. The summed E-state index contributed by atoms with van der Waals surface area (Å²) in [6, 6.07) is 9.02. The second kappa shape index (κ2) is 7.19. The van der Waals surface area contributed by atoms with Crippen LogP contribution >= 0.6 is 0 Å². The fourth-order valence-corrected chi connectivity index (χ4v) is 2.98. The molecule has 2 aromatic heterocycles. The van der Waals surface area contributed by atoms with Gasteiger partial charge in [0.15, 0.2) is 5.65 Å². The molecular weight excluding hydrogens is 344 g/mol. The number of amides is 1. The SMILES string of the molecule is CCn1c(=O)[nH]c(=O)c2c(C(=O)Nc3cccc(C)c3)cc(C(C)C)nc21. The van der Waals surface area contributed by atoms with Crippen LogP contribution in [0.3, 0.4) is 0 Å². The van der Waals surface area contributed by atoms with E-state index in [0.29, 0.717) is 17.9 Å². The van der Waals surface area contributed by atoms with Crippen molar-refractivity contribution in [2.75, 3.05) is 5.32 Å². The highest BCUT2D eigenvalue weighted by molar-refractivity contribution is 6.11. The van der Waals surface area contributed by atoms with Crippen molar-refractivity contribution in [3.05, 3.63) is 68.0 Å². The van der Waals surface area contributed by atoms with Crippen molar-refractivity contribution in [2.24, 2.45) is 0 Å². The first-order valence-electron chi connectivity index (χ1n) is 8.87. The first-order chi connectivity index (χ1) is 12.8. The second-order valence-electron chi connectivity index (χ2n) is 6.78. The second-order valence-corrected chi connectivity index (χ2v) is 6.78. The van der Waals surface area contributed by atoms with Gasteiger partial charge in [-0.1, -0.05) is 26.0 Å². The molecule has 2 heterocycles. The van der Waals surface area contributed by atoms with Crippen LogP contribution in [0.15, 0.2) is 39.9 Å². The van der Waals surface area contributed by atoms with E-state index in [4.69, 9.17) is 0 Å². The van der Waals surface area contributed by atoms with Gasteiger partial charge in [-0.15, -0.1) is 0 Å². The van der Waals surface area contributed by atoms with Gasteiger partial charge in [-0.2, -0.15) is 0 Å². The molecule has 3 aromatic rings. The molecule has 0 aliphatic heterocycles. The first kappa shape index (κ1) is 18.6. The number of carbonyl (C=O) groups is 1. The van der Waals surface area contributed by atoms with E-state index in [9.17, 15) is 14.4 Å². The number of aryl methyl sites for hydroxylation is 2. The smallest absolute Gasteiger partial charge is 0.322 e. The minimum absolute atomic E-state index is 0.0274. The van der Waals surface area contributed by atoms with E-state index in [2.05, 4.69) is 15.3 Å². The fourth-order valence-electron chi connectivity index (χ4n) is 2.98. The van der Waals surface area contributed by atoms with Crippen molar-refractivity contribution < 1.29 is 4.79 Å². The molecule has 0 bridgehead atoms. The summed E-state index contributed by atoms with van der Waals surface area (Å²) >= 11 is 0. The third kappa shape index (κ3) is 3.53. The lowest BCUT2D eigenvalue weighted by atomic mass is 10.0. The number of hydrogen-bond donors (Lipinski definition) is 2. The Labute approximate surface area is 156 Å². The Morgan fingerprint density at radius 3 is 2.63 bits per heavy atom. The summed E-state index contributed by atoms with van der Waals surface area (Å²) < 4.78 is 1.37. The van der Waals surface area contributed by atoms with Crippen LogP contribution in [0.1, 0.15) is 48.3 Å². The zero-order chi connectivity index (χ0) is 19.7. The number of pyridine rings is 1. The Bertz CT molecular complexity index is 1140. The molecule has 7 nitrogen and oxygen atoms in total. The van der Waals surface area contributed by atoms with Crippen molar-refractivity contribution in [1.29, 1.82) is 0 Å². The molecule has 0 fully saturated rings. The maximum atomic E-state index is 13.0. The summed E-state index contributed by atoms with van der Waals surface area (Å²) in [6.45, 7) is 7.93. The van der Waals surface area contributed by atoms with Gasteiger partial charge >= 0.3 is 5.69 Å². The van der Waals surface area contributed by atoms with Crippen LogP contribution in [-0.2, 0) is 6.54 Å². The number of rotatable bonds is 4. The zero-order valence-corrected chi connectivity index (χ0v) is 15.8. The maximum Gasteiger partial charge on any atom is 0.329 e. The van der Waals surface area contributed by atoms with Crippen molar-refractivity contribution >= 4 is 22.6 Å². The number of aromatic nitrogens is 3. The fraction of sp³-hybridized carbons (Fsp3) is 0.300. The van der Waals surface area contributed by atoms with Gasteiger partial charge in [0.05, 0.1) is 10.9 Å². The highest BCUT2D eigenvalue weighted by Gasteiger charge is 2.20. The average molecular weight is 366 g/mol. The van der Waals surface area contributed by atoms with Gasteiger partial charge in [0.1, 0.15) is 0 Å². The number of nitrogens with one attached hydrogen (secondary N) is 2. The van der Waals surface area contributed by atoms with Gasteiger partial charge in [0.25, 0.3) is 11.5 Å². The van der Waals surface area contributed by atoms with Crippen LogP contribution < -0.4 is 16.6 Å². The first-order valence-corrected chi connectivity index (χ1v) is 8.87. The lowest BCUT2D eigenvalue weighted by Crippen LogP contribution is -2.32. The summed E-state index contributed by atoms with van der Waals surface area (Å²) in [7, 11) is 0. The molecule has 27 heavy (non-hydrogen) atoms. The van der Waals surface area contributed by atoms with Crippen LogP contribution in [0.5, 0.6) is 0 Å². The predicted octanol–water partition coefficient (Wildman–Crippen LogP) is 2.79. The highest BCUT2D eigenvalue weighted by atomic mass is 16.2. The number of H-pyrrole nitrogens is 1. The van der Waals surface area contributed by atoms with Crippen LogP contribution in [-0.4, -0.2) is 20.4 Å². The molecule has 0 spiro atoms.